The third-order valence-corrected chi connectivity index (χ3v) is 4.19. The lowest BCUT2D eigenvalue weighted by Gasteiger charge is -2.20. The molecule has 2 aromatic rings. The number of aromatic nitrogens is 1. The van der Waals surface area contributed by atoms with Gasteiger partial charge in [0.05, 0.1) is 6.10 Å². The van der Waals surface area contributed by atoms with Gasteiger partial charge in [0.25, 0.3) is 5.91 Å². The Hall–Kier alpha value is -2.40. The molecule has 126 valence electrons. The highest BCUT2D eigenvalue weighted by Gasteiger charge is 2.17. The minimum atomic E-state index is -0.152. The summed E-state index contributed by atoms with van der Waals surface area (Å²) in [5.41, 5.74) is 2.63. The third-order valence-electron chi connectivity index (χ3n) is 4.19. The first-order valence-electron chi connectivity index (χ1n) is 8.33. The number of nitrogens with zero attached hydrogens (tertiary/aromatic N) is 2. The molecule has 1 aromatic heterocycles. The van der Waals surface area contributed by atoms with E-state index in [9.17, 15) is 4.79 Å². The summed E-state index contributed by atoms with van der Waals surface area (Å²) in [6, 6.07) is 14.0. The fraction of sp³-hybridized carbons (Fsp3) is 0.368. The monoisotopic (exact) mass is 325 g/mol. The largest absolute Gasteiger partial charge is 0.376 e. The molecule has 1 N–H and O–H groups in total. The van der Waals surface area contributed by atoms with Gasteiger partial charge in [-0.25, -0.2) is 0 Å². The Kier molecular flexibility index (Phi) is 5.43. The number of benzene rings is 1. The van der Waals surface area contributed by atoms with Crippen LogP contribution in [0, 0.1) is 0 Å². The molecular weight excluding hydrogens is 302 g/mol. The van der Waals surface area contributed by atoms with E-state index < -0.39 is 0 Å². The van der Waals surface area contributed by atoms with E-state index >= 15 is 0 Å². The quantitative estimate of drug-likeness (QED) is 0.887. The second-order valence-corrected chi connectivity index (χ2v) is 6.09. The lowest BCUT2D eigenvalue weighted by atomic mass is 10.2. The van der Waals surface area contributed by atoms with Crippen LogP contribution >= 0.6 is 0 Å². The highest BCUT2D eigenvalue weighted by molar-refractivity contribution is 5.93. The van der Waals surface area contributed by atoms with Gasteiger partial charge in [-0.15, -0.1) is 0 Å². The van der Waals surface area contributed by atoms with Gasteiger partial charge in [-0.3, -0.25) is 9.78 Å². The number of hydrogen-bond donors (Lipinski definition) is 1. The average Bonchev–Trinajstić information content (AvgIpc) is 3.14. The van der Waals surface area contributed by atoms with E-state index in [1.165, 1.54) is 5.56 Å². The first-order chi connectivity index (χ1) is 11.7. The topological polar surface area (TPSA) is 54.5 Å². The second kappa shape index (κ2) is 7.93. The Morgan fingerprint density at radius 2 is 2.17 bits per heavy atom. The highest BCUT2D eigenvalue weighted by Crippen LogP contribution is 2.16. The Labute approximate surface area is 142 Å². The van der Waals surface area contributed by atoms with Crippen molar-refractivity contribution in [3.05, 3.63) is 59.9 Å². The summed E-state index contributed by atoms with van der Waals surface area (Å²) in [5.74, 6) is -0.152. The molecule has 1 aliphatic heterocycles. The van der Waals surface area contributed by atoms with Crippen LogP contribution in [0.25, 0.3) is 0 Å². The zero-order chi connectivity index (χ0) is 16.8. The van der Waals surface area contributed by atoms with E-state index in [2.05, 4.69) is 27.3 Å². The summed E-state index contributed by atoms with van der Waals surface area (Å²) in [5, 5.41) is 2.91. The van der Waals surface area contributed by atoms with Gasteiger partial charge in [0.15, 0.2) is 0 Å². The van der Waals surface area contributed by atoms with Crippen LogP contribution in [-0.2, 0) is 11.3 Å². The summed E-state index contributed by atoms with van der Waals surface area (Å²) in [7, 11) is 2.01. The van der Waals surface area contributed by atoms with Gasteiger partial charge in [0, 0.05) is 38.6 Å². The molecule has 1 fully saturated rings. The van der Waals surface area contributed by atoms with Crippen molar-refractivity contribution < 1.29 is 9.53 Å². The summed E-state index contributed by atoms with van der Waals surface area (Å²) in [6.07, 6.45) is 3.89. The Balaban J connectivity index is 1.61. The summed E-state index contributed by atoms with van der Waals surface area (Å²) < 4.78 is 5.52. The minimum Gasteiger partial charge on any atom is -0.376 e. The molecule has 3 rings (SSSR count). The number of pyridine rings is 1. The number of rotatable bonds is 6. The van der Waals surface area contributed by atoms with Gasteiger partial charge in [0.2, 0.25) is 0 Å². The van der Waals surface area contributed by atoms with Crippen molar-refractivity contribution in [3.63, 3.8) is 0 Å². The molecule has 0 spiro atoms. The van der Waals surface area contributed by atoms with Gasteiger partial charge in [0.1, 0.15) is 5.69 Å². The molecule has 0 saturated carbocycles. The molecule has 0 aliphatic carbocycles. The number of carbonyl (C=O) groups excluding carboxylic acids is 1. The molecule has 5 heteroatoms. The van der Waals surface area contributed by atoms with Gasteiger partial charge in [-0.05, 0) is 30.5 Å². The van der Waals surface area contributed by atoms with Crippen LogP contribution in [0.4, 0.5) is 5.69 Å². The minimum absolute atomic E-state index is 0.137. The van der Waals surface area contributed by atoms with Crippen LogP contribution in [0.5, 0.6) is 0 Å². The zero-order valence-electron chi connectivity index (χ0n) is 13.9. The molecular formula is C19H23N3O2. The zero-order valence-corrected chi connectivity index (χ0v) is 13.9. The van der Waals surface area contributed by atoms with Crippen molar-refractivity contribution in [3.8, 4) is 0 Å². The van der Waals surface area contributed by atoms with Crippen LogP contribution in [0.1, 0.15) is 28.9 Å². The second-order valence-electron chi connectivity index (χ2n) is 6.09. The van der Waals surface area contributed by atoms with Gasteiger partial charge in [-0.1, -0.05) is 30.3 Å². The van der Waals surface area contributed by atoms with Crippen molar-refractivity contribution >= 4 is 11.6 Å². The van der Waals surface area contributed by atoms with Crippen LogP contribution in [0.15, 0.2) is 48.7 Å². The molecule has 1 unspecified atom stereocenters. The smallest absolute Gasteiger partial charge is 0.270 e. The van der Waals surface area contributed by atoms with E-state index in [4.69, 9.17) is 4.74 Å². The van der Waals surface area contributed by atoms with Gasteiger partial charge < -0.3 is 15.0 Å². The normalized spacial score (nSPS) is 16.8. The molecule has 0 bridgehead atoms. The standard InChI is InChI=1S/C19H23N3O2/c1-22(14-15-6-3-2-4-7-15)16-9-10-20-18(12-16)19(23)21-13-17-8-5-11-24-17/h2-4,6-7,9-10,12,17H,5,8,11,13-14H2,1H3,(H,21,23). The molecule has 1 aromatic carbocycles. The van der Waals surface area contributed by atoms with Gasteiger partial charge in [-0.2, -0.15) is 0 Å². The molecule has 1 atom stereocenters. The molecule has 24 heavy (non-hydrogen) atoms. The van der Waals surface area contributed by atoms with Crippen molar-refractivity contribution in [1.82, 2.24) is 10.3 Å². The first-order valence-corrected chi connectivity index (χ1v) is 8.33. The molecule has 1 aliphatic rings. The van der Waals surface area contributed by atoms with E-state index in [0.29, 0.717) is 12.2 Å². The van der Waals surface area contributed by atoms with Crippen molar-refractivity contribution in [2.45, 2.75) is 25.5 Å². The van der Waals surface area contributed by atoms with Crippen LogP contribution in [0.2, 0.25) is 0 Å². The summed E-state index contributed by atoms with van der Waals surface area (Å²) in [4.78, 5) is 18.6. The Morgan fingerprint density at radius 3 is 2.92 bits per heavy atom. The third kappa shape index (κ3) is 4.32. The van der Waals surface area contributed by atoms with Crippen molar-refractivity contribution in [1.29, 1.82) is 0 Å². The van der Waals surface area contributed by atoms with E-state index in [1.807, 2.05) is 37.4 Å². The first kappa shape index (κ1) is 16.5. The lowest BCUT2D eigenvalue weighted by Crippen LogP contribution is -2.32. The number of carbonyl (C=O) groups is 1. The van der Waals surface area contributed by atoms with Crippen molar-refractivity contribution in [2.75, 3.05) is 25.1 Å². The van der Waals surface area contributed by atoms with E-state index in [-0.39, 0.29) is 12.0 Å². The van der Waals surface area contributed by atoms with E-state index in [0.717, 1.165) is 31.7 Å². The summed E-state index contributed by atoms with van der Waals surface area (Å²) in [6.45, 7) is 2.12. The molecule has 0 radical (unpaired) electrons. The Morgan fingerprint density at radius 1 is 1.33 bits per heavy atom. The van der Waals surface area contributed by atoms with Crippen molar-refractivity contribution in [2.24, 2.45) is 0 Å². The maximum absolute atomic E-state index is 12.3. The number of nitrogens with one attached hydrogen (secondary N) is 1. The molecule has 1 saturated heterocycles. The SMILES string of the molecule is CN(Cc1ccccc1)c1ccnc(C(=O)NCC2CCCO2)c1. The predicted molar refractivity (Wildman–Crippen MR) is 94.1 cm³/mol. The van der Waals surface area contributed by atoms with Gasteiger partial charge >= 0.3 is 0 Å². The highest BCUT2D eigenvalue weighted by atomic mass is 16.5. The maximum Gasteiger partial charge on any atom is 0.270 e. The Bertz CT molecular complexity index is 669. The number of amides is 1. The number of anilines is 1. The lowest BCUT2D eigenvalue weighted by molar-refractivity contribution is 0.0854. The van der Waals surface area contributed by atoms with E-state index in [1.54, 1.807) is 6.20 Å². The van der Waals surface area contributed by atoms with Crippen LogP contribution in [-0.4, -0.2) is 37.2 Å². The predicted octanol–water partition coefficient (Wildman–Crippen LogP) is 2.63. The van der Waals surface area contributed by atoms with Crippen LogP contribution in [0.3, 0.4) is 0 Å². The molecule has 5 nitrogen and oxygen atoms in total. The average molecular weight is 325 g/mol. The number of hydrogen-bond acceptors (Lipinski definition) is 4. The maximum atomic E-state index is 12.3. The molecule has 1 amide bonds. The molecule has 2 heterocycles. The summed E-state index contributed by atoms with van der Waals surface area (Å²) >= 11 is 0. The fourth-order valence-electron chi connectivity index (χ4n) is 2.83. The van der Waals surface area contributed by atoms with Crippen LogP contribution < -0.4 is 10.2 Å². The fourth-order valence-corrected chi connectivity index (χ4v) is 2.83. The number of ether oxygens (including phenoxy) is 1.